The molecule has 42 heavy (non-hydrogen) atoms. The van der Waals surface area contributed by atoms with E-state index in [4.69, 9.17) is 4.42 Å². The number of aryl methyl sites for hydroxylation is 2. The molecule has 1 heterocycles. The molecule has 8 heteroatoms. The summed E-state index contributed by atoms with van der Waals surface area (Å²) in [4.78, 5) is 13.4. The van der Waals surface area contributed by atoms with Gasteiger partial charge < -0.3 is 25.5 Å². The first-order chi connectivity index (χ1) is 20.3. The van der Waals surface area contributed by atoms with Crippen molar-refractivity contribution >= 4 is 5.91 Å². The Kier molecular flexibility index (Phi) is 11.4. The number of hydrogen-bond acceptors (Lipinski definition) is 5. The predicted octanol–water partition coefficient (Wildman–Crippen LogP) is 5.25. The van der Waals surface area contributed by atoms with Crippen molar-refractivity contribution in [3.05, 3.63) is 130 Å². The van der Waals surface area contributed by atoms with Crippen molar-refractivity contribution in [2.24, 2.45) is 0 Å². The van der Waals surface area contributed by atoms with Gasteiger partial charge in [0.25, 0.3) is 5.91 Å². The summed E-state index contributed by atoms with van der Waals surface area (Å²) in [7, 11) is 0. The highest BCUT2D eigenvalue weighted by atomic mass is 19.1. The van der Waals surface area contributed by atoms with Crippen molar-refractivity contribution in [2.75, 3.05) is 13.1 Å². The molecule has 4 aromatic rings. The maximum atomic E-state index is 13.9. The fourth-order valence-corrected chi connectivity index (χ4v) is 4.98. The molecule has 0 spiro atoms. The second kappa shape index (κ2) is 15.4. The van der Waals surface area contributed by atoms with Gasteiger partial charge >= 0.3 is 0 Å². The molecule has 0 saturated carbocycles. The largest absolute Gasteiger partial charge is 0.469 e. The molecule has 4 rings (SSSR count). The van der Waals surface area contributed by atoms with Crippen LogP contribution in [0.5, 0.6) is 0 Å². The van der Waals surface area contributed by atoms with Gasteiger partial charge in [0.2, 0.25) is 0 Å². The van der Waals surface area contributed by atoms with Crippen molar-refractivity contribution in [2.45, 2.75) is 58.3 Å². The average Bonchev–Trinajstić information content (AvgIpc) is 3.48. The number of rotatable bonds is 15. The van der Waals surface area contributed by atoms with Crippen LogP contribution in [0.25, 0.3) is 0 Å². The van der Waals surface area contributed by atoms with E-state index in [1.165, 1.54) is 17.7 Å². The molecule has 0 bridgehead atoms. The number of hydrogen-bond donors (Lipinski definition) is 4. The summed E-state index contributed by atoms with van der Waals surface area (Å²) in [6, 6.07) is 20.0. The first-order valence-electron chi connectivity index (χ1n) is 14.3. The Labute approximate surface area is 246 Å². The lowest BCUT2D eigenvalue weighted by Gasteiger charge is -2.25. The Morgan fingerprint density at radius 3 is 2.38 bits per heavy atom. The zero-order valence-corrected chi connectivity index (χ0v) is 24.1. The second-order valence-electron chi connectivity index (χ2n) is 10.6. The zero-order valence-electron chi connectivity index (χ0n) is 24.1. The van der Waals surface area contributed by atoms with Crippen LogP contribution >= 0.6 is 0 Å². The first-order valence-corrected chi connectivity index (χ1v) is 14.3. The Morgan fingerprint density at radius 2 is 1.64 bits per heavy atom. The van der Waals surface area contributed by atoms with E-state index in [1.807, 2.05) is 43.3 Å². The summed E-state index contributed by atoms with van der Waals surface area (Å²) < 4.78 is 33.2. The first kappa shape index (κ1) is 31.1. The van der Waals surface area contributed by atoms with E-state index in [2.05, 4.69) is 35.0 Å². The molecule has 1 aromatic heterocycles. The average molecular weight is 576 g/mol. The summed E-state index contributed by atoms with van der Waals surface area (Å²) in [5.74, 6) is -0.881. The van der Waals surface area contributed by atoms with E-state index in [-0.39, 0.29) is 18.9 Å². The minimum absolute atomic E-state index is 0.0571. The second-order valence-corrected chi connectivity index (χ2v) is 10.6. The highest BCUT2D eigenvalue weighted by Crippen LogP contribution is 2.15. The Morgan fingerprint density at radius 1 is 0.881 bits per heavy atom. The molecule has 0 radical (unpaired) electrons. The van der Waals surface area contributed by atoms with E-state index in [1.54, 1.807) is 12.3 Å². The van der Waals surface area contributed by atoms with E-state index in [9.17, 15) is 18.7 Å². The number of halogens is 2. The SMILES string of the molecule is CCc1cccc(CNC[C@@H](O)[C@H](Cc2cc(F)cc(F)c2)NC(=O)c2cc(C)cc(CNCCc3ccco3)c2)c1. The zero-order chi connectivity index (χ0) is 29.9. The summed E-state index contributed by atoms with van der Waals surface area (Å²) in [5.41, 5.74) is 4.96. The van der Waals surface area contributed by atoms with Crippen molar-refractivity contribution in [3.8, 4) is 0 Å². The van der Waals surface area contributed by atoms with E-state index in [0.717, 1.165) is 47.9 Å². The number of carbonyl (C=O) groups excluding carboxylic acids is 1. The van der Waals surface area contributed by atoms with Gasteiger partial charge in [-0.25, -0.2) is 8.78 Å². The molecule has 0 aliphatic rings. The van der Waals surface area contributed by atoms with Crippen LogP contribution in [0.4, 0.5) is 8.78 Å². The lowest BCUT2D eigenvalue weighted by molar-refractivity contribution is 0.0829. The van der Waals surface area contributed by atoms with Crippen LogP contribution < -0.4 is 16.0 Å². The quantitative estimate of drug-likeness (QED) is 0.146. The molecule has 1 amide bonds. The summed E-state index contributed by atoms with van der Waals surface area (Å²) in [6.07, 6.45) is 2.38. The van der Waals surface area contributed by atoms with E-state index < -0.39 is 23.8 Å². The molecule has 0 saturated heterocycles. The molecule has 0 aliphatic heterocycles. The maximum Gasteiger partial charge on any atom is 0.251 e. The van der Waals surface area contributed by atoms with Gasteiger partial charge in [0.1, 0.15) is 17.4 Å². The fourth-order valence-electron chi connectivity index (χ4n) is 4.98. The normalized spacial score (nSPS) is 12.7. The lowest BCUT2D eigenvalue weighted by Crippen LogP contribution is -2.48. The van der Waals surface area contributed by atoms with Crippen LogP contribution in [0, 0.1) is 18.6 Å². The van der Waals surface area contributed by atoms with Gasteiger partial charge in [-0.05, 0) is 78.4 Å². The van der Waals surface area contributed by atoms with Gasteiger partial charge in [-0.3, -0.25) is 4.79 Å². The van der Waals surface area contributed by atoms with E-state index >= 15 is 0 Å². The highest BCUT2D eigenvalue weighted by molar-refractivity contribution is 5.94. The van der Waals surface area contributed by atoms with Crippen LogP contribution in [0.1, 0.15) is 50.9 Å². The number of carbonyl (C=O) groups is 1. The molecular weight excluding hydrogens is 536 g/mol. The third kappa shape index (κ3) is 9.62. The van der Waals surface area contributed by atoms with Crippen molar-refractivity contribution in [1.82, 2.24) is 16.0 Å². The van der Waals surface area contributed by atoms with E-state index in [0.29, 0.717) is 24.2 Å². The highest BCUT2D eigenvalue weighted by Gasteiger charge is 2.23. The minimum atomic E-state index is -1.01. The summed E-state index contributed by atoms with van der Waals surface area (Å²) in [5, 5.41) is 20.7. The van der Waals surface area contributed by atoms with Gasteiger partial charge in [-0.1, -0.05) is 42.8 Å². The fraction of sp³-hybridized carbons (Fsp3) is 0.324. The van der Waals surface area contributed by atoms with Gasteiger partial charge in [-0.15, -0.1) is 0 Å². The number of nitrogens with one attached hydrogen (secondary N) is 3. The summed E-state index contributed by atoms with van der Waals surface area (Å²) in [6.45, 7) is 6.02. The van der Waals surface area contributed by atoms with Crippen LogP contribution in [0.3, 0.4) is 0 Å². The minimum Gasteiger partial charge on any atom is -0.469 e. The predicted molar refractivity (Wildman–Crippen MR) is 160 cm³/mol. The smallest absolute Gasteiger partial charge is 0.251 e. The Hall–Kier alpha value is -3.85. The topological polar surface area (TPSA) is 86.5 Å². The standard InChI is InChI=1S/C34H39F2N3O3/c1-3-24-6-4-7-25(14-24)20-38-22-33(40)32(18-26-16-29(35)19-30(36)17-26)39-34(41)28-13-23(2)12-27(15-28)21-37-10-9-31-8-5-11-42-31/h4-8,11-17,19,32-33,37-38,40H,3,9-10,18,20-22H2,1-2H3,(H,39,41)/t32-,33+/m0/s1. The maximum absolute atomic E-state index is 13.9. The van der Waals surface area contributed by atoms with Crippen LogP contribution in [-0.4, -0.2) is 36.2 Å². The molecule has 0 fully saturated rings. The van der Waals surface area contributed by atoms with Crippen LogP contribution in [0.2, 0.25) is 0 Å². The van der Waals surface area contributed by atoms with Gasteiger partial charge in [0.15, 0.2) is 0 Å². The summed E-state index contributed by atoms with van der Waals surface area (Å²) >= 11 is 0. The number of aliphatic hydroxyl groups excluding tert-OH is 1. The van der Waals surface area contributed by atoms with Crippen LogP contribution in [0.15, 0.2) is 83.5 Å². The van der Waals surface area contributed by atoms with Crippen molar-refractivity contribution < 1.29 is 23.1 Å². The van der Waals surface area contributed by atoms with Crippen LogP contribution in [-0.2, 0) is 32.4 Å². The molecule has 6 nitrogen and oxygen atoms in total. The monoisotopic (exact) mass is 575 g/mol. The lowest BCUT2D eigenvalue weighted by atomic mass is 9.99. The molecule has 222 valence electrons. The van der Waals surface area contributed by atoms with Crippen molar-refractivity contribution in [1.29, 1.82) is 0 Å². The van der Waals surface area contributed by atoms with Gasteiger partial charge in [-0.2, -0.15) is 0 Å². The van der Waals surface area contributed by atoms with Gasteiger partial charge in [0.05, 0.1) is 18.4 Å². The molecule has 0 unspecified atom stereocenters. The molecule has 0 aliphatic carbocycles. The molecule has 3 aromatic carbocycles. The third-order valence-corrected chi connectivity index (χ3v) is 7.10. The van der Waals surface area contributed by atoms with Crippen molar-refractivity contribution in [3.63, 3.8) is 0 Å². The molecule has 2 atom stereocenters. The third-order valence-electron chi connectivity index (χ3n) is 7.10. The Balaban J connectivity index is 1.42. The van der Waals surface area contributed by atoms with Gasteiger partial charge in [0, 0.05) is 44.2 Å². The number of aliphatic hydroxyl groups is 1. The number of benzene rings is 3. The Bertz CT molecular complexity index is 1420. The molecule has 4 N–H and O–H groups in total. The molecular formula is C34H39F2N3O3. The number of furan rings is 1. The number of amides is 1.